The third-order valence-electron chi connectivity index (χ3n) is 3.87. The van der Waals surface area contributed by atoms with Crippen LogP contribution in [0.15, 0.2) is 11.6 Å². The Morgan fingerprint density at radius 3 is 2.44 bits per heavy atom. The summed E-state index contributed by atoms with van der Waals surface area (Å²) in [6.07, 6.45) is 8.59. The van der Waals surface area contributed by atoms with Gasteiger partial charge in [-0.1, -0.05) is 11.6 Å². The van der Waals surface area contributed by atoms with Gasteiger partial charge in [-0.25, -0.2) is 0 Å². The summed E-state index contributed by atoms with van der Waals surface area (Å²) >= 11 is 0. The van der Waals surface area contributed by atoms with Crippen LogP contribution in [0, 0.1) is 5.92 Å². The number of fused-ring (bicyclic) bond motifs is 2. The summed E-state index contributed by atoms with van der Waals surface area (Å²) in [6.45, 7) is 4.18. The predicted molar refractivity (Wildman–Crippen MR) is 66.3 cm³/mol. The van der Waals surface area contributed by atoms with Gasteiger partial charge in [-0.15, -0.1) is 0 Å². The molecule has 2 unspecified atom stereocenters. The standard InChI is InChI=1S/C14H23NO/c1-10(2)4-3-5-14(16)11-8-12-6-7-13(9-11)15-12/h4,11-13,15H,3,5-9H2,1-2H3. The summed E-state index contributed by atoms with van der Waals surface area (Å²) in [5, 5.41) is 3.59. The van der Waals surface area contributed by atoms with Crippen molar-refractivity contribution in [3.05, 3.63) is 11.6 Å². The molecule has 2 heteroatoms. The van der Waals surface area contributed by atoms with Crippen LogP contribution in [0.4, 0.5) is 0 Å². The molecule has 1 N–H and O–H groups in total. The Labute approximate surface area is 98.5 Å². The van der Waals surface area contributed by atoms with Gasteiger partial charge in [-0.05, 0) is 46.0 Å². The van der Waals surface area contributed by atoms with E-state index in [0.717, 1.165) is 25.7 Å². The number of carbonyl (C=O) groups excluding carboxylic acids is 1. The minimum atomic E-state index is 0.351. The first-order valence-electron chi connectivity index (χ1n) is 6.57. The lowest BCUT2D eigenvalue weighted by atomic mass is 9.87. The molecular weight excluding hydrogens is 198 g/mol. The van der Waals surface area contributed by atoms with Crippen LogP contribution in [0.5, 0.6) is 0 Å². The number of nitrogens with one attached hydrogen (secondary N) is 1. The number of Topliss-reactive ketones (excluding diaryl/α,β-unsaturated/α-hetero) is 1. The minimum absolute atomic E-state index is 0.351. The first-order valence-corrected chi connectivity index (χ1v) is 6.57. The topological polar surface area (TPSA) is 29.1 Å². The van der Waals surface area contributed by atoms with Crippen molar-refractivity contribution in [2.75, 3.05) is 0 Å². The maximum Gasteiger partial charge on any atom is 0.136 e. The fraction of sp³-hybridized carbons (Fsp3) is 0.786. The van der Waals surface area contributed by atoms with Crippen molar-refractivity contribution in [3.63, 3.8) is 0 Å². The van der Waals surface area contributed by atoms with Crippen molar-refractivity contribution in [3.8, 4) is 0 Å². The van der Waals surface area contributed by atoms with Crippen molar-refractivity contribution in [2.24, 2.45) is 5.92 Å². The first-order chi connectivity index (χ1) is 7.65. The lowest BCUT2D eigenvalue weighted by Crippen LogP contribution is -2.40. The van der Waals surface area contributed by atoms with E-state index >= 15 is 0 Å². The zero-order valence-electron chi connectivity index (χ0n) is 10.5. The summed E-state index contributed by atoms with van der Waals surface area (Å²) < 4.78 is 0. The molecule has 0 spiro atoms. The molecule has 2 aliphatic rings. The average molecular weight is 221 g/mol. The van der Waals surface area contributed by atoms with E-state index in [-0.39, 0.29) is 0 Å². The molecule has 2 heterocycles. The Morgan fingerprint density at radius 1 is 1.25 bits per heavy atom. The molecule has 0 radical (unpaired) electrons. The van der Waals surface area contributed by atoms with Gasteiger partial charge >= 0.3 is 0 Å². The van der Waals surface area contributed by atoms with Gasteiger partial charge in [0.2, 0.25) is 0 Å². The summed E-state index contributed by atoms with van der Waals surface area (Å²) in [5.41, 5.74) is 1.32. The highest BCUT2D eigenvalue weighted by molar-refractivity contribution is 5.81. The van der Waals surface area contributed by atoms with Gasteiger partial charge in [0.25, 0.3) is 0 Å². The van der Waals surface area contributed by atoms with Crippen LogP contribution in [0.2, 0.25) is 0 Å². The Bertz CT molecular complexity index is 279. The van der Waals surface area contributed by atoms with Crippen LogP contribution in [0.1, 0.15) is 52.4 Å². The summed E-state index contributed by atoms with van der Waals surface area (Å²) in [6, 6.07) is 1.27. The summed E-state index contributed by atoms with van der Waals surface area (Å²) in [7, 11) is 0. The number of ketones is 1. The van der Waals surface area contributed by atoms with Gasteiger partial charge < -0.3 is 5.32 Å². The van der Waals surface area contributed by atoms with Crippen LogP contribution in [-0.2, 0) is 4.79 Å². The fourth-order valence-electron chi connectivity index (χ4n) is 3.03. The van der Waals surface area contributed by atoms with E-state index in [1.165, 1.54) is 18.4 Å². The fourth-order valence-corrected chi connectivity index (χ4v) is 3.03. The van der Waals surface area contributed by atoms with E-state index in [2.05, 4.69) is 25.2 Å². The maximum absolute atomic E-state index is 12.0. The number of hydrogen-bond donors (Lipinski definition) is 1. The second kappa shape index (κ2) is 5.13. The SMILES string of the molecule is CC(C)=CCCC(=O)C1CC2CCC(C1)N2. The first kappa shape index (κ1) is 11.8. The molecule has 2 nitrogen and oxygen atoms in total. The van der Waals surface area contributed by atoms with E-state index in [0.29, 0.717) is 23.8 Å². The maximum atomic E-state index is 12.0. The van der Waals surface area contributed by atoms with E-state index in [1.54, 1.807) is 0 Å². The van der Waals surface area contributed by atoms with Crippen LogP contribution < -0.4 is 5.32 Å². The summed E-state index contributed by atoms with van der Waals surface area (Å²) in [4.78, 5) is 12.0. The molecule has 2 rings (SSSR count). The van der Waals surface area contributed by atoms with E-state index in [1.807, 2.05) is 0 Å². The molecule has 0 saturated carbocycles. The molecule has 90 valence electrons. The van der Waals surface area contributed by atoms with Crippen molar-refractivity contribution < 1.29 is 4.79 Å². The molecule has 16 heavy (non-hydrogen) atoms. The van der Waals surface area contributed by atoms with Gasteiger partial charge in [-0.2, -0.15) is 0 Å². The molecular formula is C14H23NO. The van der Waals surface area contributed by atoms with E-state index < -0.39 is 0 Å². The predicted octanol–water partition coefficient (Wildman–Crippen LogP) is 2.83. The molecule has 0 aromatic rings. The second-order valence-corrected chi connectivity index (χ2v) is 5.59. The quantitative estimate of drug-likeness (QED) is 0.740. The molecule has 2 aliphatic heterocycles. The van der Waals surface area contributed by atoms with Crippen LogP contribution in [-0.4, -0.2) is 17.9 Å². The zero-order valence-corrected chi connectivity index (χ0v) is 10.5. The molecule has 2 fully saturated rings. The van der Waals surface area contributed by atoms with Crippen molar-refractivity contribution in [1.82, 2.24) is 5.32 Å². The van der Waals surface area contributed by atoms with Crippen molar-refractivity contribution >= 4 is 5.78 Å². The highest BCUT2D eigenvalue weighted by atomic mass is 16.1. The van der Waals surface area contributed by atoms with Gasteiger partial charge in [0, 0.05) is 24.4 Å². The Morgan fingerprint density at radius 2 is 1.88 bits per heavy atom. The van der Waals surface area contributed by atoms with Crippen LogP contribution in [0.3, 0.4) is 0 Å². The highest BCUT2D eigenvalue weighted by Crippen LogP contribution is 2.32. The van der Waals surface area contributed by atoms with Gasteiger partial charge in [-0.3, -0.25) is 4.79 Å². The Hall–Kier alpha value is -0.630. The van der Waals surface area contributed by atoms with Crippen molar-refractivity contribution in [2.45, 2.75) is 64.5 Å². The summed E-state index contributed by atoms with van der Waals surface area (Å²) in [5.74, 6) is 0.847. The van der Waals surface area contributed by atoms with Crippen LogP contribution in [0.25, 0.3) is 0 Å². The van der Waals surface area contributed by atoms with Gasteiger partial charge in [0.1, 0.15) is 5.78 Å². The Kier molecular flexibility index (Phi) is 3.80. The smallest absolute Gasteiger partial charge is 0.136 e. The lowest BCUT2D eigenvalue weighted by Gasteiger charge is -2.28. The molecule has 0 aliphatic carbocycles. The largest absolute Gasteiger partial charge is 0.311 e. The number of piperidine rings is 1. The third-order valence-corrected chi connectivity index (χ3v) is 3.87. The lowest BCUT2D eigenvalue weighted by molar-refractivity contribution is -0.124. The molecule has 0 amide bonds. The molecule has 2 bridgehead atoms. The normalized spacial score (nSPS) is 32.5. The number of carbonyl (C=O) groups is 1. The number of rotatable bonds is 4. The number of allylic oxidation sites excluding steroid dienone is 2. The van der Waals surface area contributed by atoms with Gasteiger partial charge in [0.15, 0.2) is 0 Å². The molecule has 0 aromatic heterocycles. The number of hydrogen-bond acceptors (Lipinski definition) is 2. The van der Waals surface area contributed by atoms with Crippen molar-refractivity contribution in [1.29, 1.82) is 0 Å². The molecule has 0 aromatic carbocycles. The monoisotopic (exact) mass is 221 g/mol. The van der Waals surface area contributed by atoms with E-state index in [4.69, 9.17) is 0 Å². The van der Waals surface area contributed by atoms with Crippen LogP contribution >= 0.6 is 0 Å². The molecule has 2 atom stereocenters. The zero-order chi connectivity index (χ0) is 11.5. The third kappa shape index (κ3) is 2.94. The molecule has 2 saturated heterocycles. The van der Waals surface area contributed by atoms with E-state index in [9.17, 15) is 4.79 Å². The average Bonchev–Trinajstić information content (AvgIpc) is 2.57. The second-order valence-electron chi connectivity index (χ2n) is 5.59. The Balaban J connectivity index is 1.79. The highest BCUT2D eigenvalue weighted by Gasteiger charge is 2.35. The van der Waals surface area contributed by atoms with Gasteiger partial charge in [0.05, 0.1) is 0 Å². The minimum Gasteiger partial charge on any atom is -0.311 e.